The van der Waals surface area contributed by atoms with Gasteiger partial charge in [0.1, 0.15) is 5.82 Å². The minimum Gasteiger partial charge on any atom is -0.270 e. The number of aryl methyl sites for hydroxylation is 1. The van der Waals surface area contributed by atoms with Crippen molar-refractivity contribution in [2.75, 3.05) is 0 Å². The minimum absolute atomic E-state index is 0.289. The normalized spacial score (nSPS) is 10.7. The number of hydrogen-bond donors (Lipinski definition) is 0. The van der Waals surface area contributed by atoms with Gasteiger partial charge in [-0.3, -0.25) is 4.57 Å². The Morgan fingerprint density at radius 1 is 1.00 bits per heavy atom. The Morgan fingerprint density at radius 2 is 1.79 bits per heavy atom. The summed E-state index contributed by atoms with van der Waals surface area (Å²) in [6.45, 7) is 2.03. The lowest BCUT2D eigenvalue weighted by atomic mass is 10.2. The van der Waals surface area contributed by atoms with E-state index in [9.17, 15) is 4.39 Å². The third kappa shape index (κ3) is 4.20. The highest BCUT2D eigenvalue weighted by Gasteiger charge is 2.16. The third-order valence-electron chi connectivity index (χ3n) is 4.42. The molecule has 6 heteroatoms. The van der Waals surface area contributed by atoms with Gasteiger partial charge in [-0.25, -0.2) is 4.39 Å². The lowest BCUT2D eigenvalue weighted by molar-refractivity contribution is 0.628. The van der Waals surface area contributed by atoms with Crippen LogP contribution in [0.3, 0.4) is 0 Å². The van der Waals surface area contributed by atoms with E-state index < -0.39 is 0 Å². The van der Waals surface area contributed by atoms with E-state index in [0.717, 1.165) is 27.5 Å². The number of hydrogen-bond acceptors (Lipinski definition) is 4. The van der Waals surface area contributed by atoms with Crippen LogP contribution in [-0.2, 0) is 5.75 Å². The second-order valence-corrected chi connectivity index (χ2v) is 7.53. The van der Waals surface area contributed by atoms with Crippen LogP contribution < -0.4 is 0 Å². The molecule has 0 saturated heterocycles. The van der Waals surface area contributed by atoms with E-state index >= 15 is 0 Å². The predicted molar refractivity (Wildman–Crippen MR) is 112 cm³/mol. The molecule has 142 valence electrons. The molecule has 3 aromatic carbocycles. The fourth-order valence-electron chi connectivity index (χ4n) is 3.03. The van der Waals surface area contributed by atoms with Gasteiger partial charge in [0.2, 0.25) is 0 Å². The van der Waals surface area contributed by atoms with Crippen molar-refractivity contribution in [1.29, 1.82) is 5.26 Å². The van der Waals surface area contributed by atoms with E-state index in [1.54, 1.807) is 30.0 Å². The monoisotopic (exact) mass is 400 g/mol. The van der Waals surface area contributed by atoms with Crippen LogP contribution in [-0.4, -0.2) is 14.8 Å². The first-order valence-corrected chi connectivity index (χ1v) is 10.0. The molecule has 0 unspecified atom stereocenters. The molecule has 0 saturated carbocycles. The number of nitrogens with zero attached hydrogens (tertiary/aromatic N) is 4. The zero-order chi connectivity index (χ0) is 20.2. The molecule has 0 atom stereocenters. The van der Waals surface area contributed by atoms with Gasteiger partial charge >= 0.3 is 0 Å². The molecule has 4 nitrogen and oxygen atoms in total. The van der Waals surface area contributed by atoms with Crippen molar-refractivity contribution in [3.8, 4) is 23.1 Å². The number of halogens is 1. The van der Waals surface area contributed by atoms with Crippen molar-refractivity contribution in [2.45, 2.75) is 17.8 Å². The number of aromatic nitrogens is 3. The molecule has 0 bridgehead atoms. The van der Waals surface area contributed by atoms with Crippen molar-refractivity contribution in [3.63, 3.8) is 0 Å². The van der Waals surface area contributed by atoms with Gasteiger partial charge in [-0.05, 0) is 66.6 Å². The molecule has 0 amide bonds. The van der Waals surface area contributed by atoms with Gasteiger partial charge < -0.3 is 0 Å². The summed E-state index contributed by atoms with van der Waals surface area (Å²) in [5, 5.41) is 18.6. The summed E-state index contributed by atoms with van der Waals surface area (Å²) in [5.41, 5.74) is 4.53. The largest absolute Gasteiger partial charge is 0.270 e. The Kier molecular flexibility index (Phi) is 5.41. The van der Waals surface area contributed by atoms with Crippen LogP contribution in [0, 0.1) is 24.1 Å². The number of thioether (sulfide) groups is 1. The average Bonchev–Trinajstić information content (AvgIpc) is 3.17. The molecule has 0 spiro atoms. The topological polar surface area (TPSA) is 54.5 Å². The van der Waals surface area contributed by atoms with Crippen molar-refractivity contribution >= 4 is 11.8 Å². The first kappa shape index (κ1) is 18.9. The maximum Gasteiger partial charge on any atom is 0.196 e. The Bertz CT molecular complexity index is 1190. The van der Waals surface area contributed by atoms with Crippen LogP contribution in [0.25, 0.3) is 17.1 Å². The molecule has 4 rings (SSSR count). The highest BCUT2D eigenvalue weighted by Crippen LogP contribution is 2.30. The summed E-state index contributed by atoms with van der Waals surface area (Å²) >= 11 is 1.54. The molecule has 1 heterocycles. The van der Waals surface area contributed by atoms with Gasteiger partial charge in [-0.15, -0.1) is 10.2 Å². The quantitative estimate of drug-likeness (QED) is 0.412. The summed E-state index contributed by atoms with van der Waals surface area (Å²) < 4.78 is 15.4. The molecule has 1 aromatic heterocycles. The van der Waals surface area contributed by atoms with Crippen molar-refractivity contribution in [1.82, 2.24) is 14.8 Å². The third-order valence-corrected chi connectivity index (χ3v) is 5.42. The number of rotatable bonds is 5. The van der Waals surface area contributed by atoms with Crippen molar-refractivity contribution in [3.05, 3.63) is 95.3 Å². The smallest absolute Gasteiger partial charge is 0.196 e. The summed E-state index contributed by atoms with van der Waals surface area (Å²) in [6, 6.07) is 24.0. The number of benzene rings is 3. The van der Waals surface area contributed by atoms with Gasteiger partial charge in [-0.2, -0.15) is 5.26 Å². The molecular weight excluding hydrogens is 383 g/mol. The second kappa shape index (κ2) is 8.29. The summed E-state index contributed by atoms with van der Waals surface area (Å²) in [6.07, 6.45) is 0. The van der Waals surface area contributed by atoms with E-state index in [-0.39, 0.29) is 5.82 Å². The van der Waals surface area contributed by atoms with Crippen LogP contribution in [0.1, 0.15) is 16.7 Å². The van der Waals surface area contributed by atoms with Crippen molar-refractivity contribution < 1.29 is 4.39 Å². The predicted octanol–water partition coefficient (Wildman–Crippen LogP) is 5.55. The first-order chi connectivity index (χ1) is 14.1. The van der Waals surface area contributed by atoms with E-state index in [4.69, 9.17) is 5.26 Å². The minimum atomic E-state index is -0.289. The summed E-state index contributed by atoms with van der Waals surface area (Å²) in [7, 11) is 0. The van der Waals surface area contributed by atoms with Gasteiger partial charge in [-0.1, -0.05) is 36.0 Å². The maximum atomic E-state index is 13.4. The maximum absolute atomic E-state index is 13.4. The average molecular weight is 400 g/mol. The van der Waals surface area contributed by atoms with E-state index in [1.165, 1.54) is 12.1 Å². The van der Waals surface area contributed by atoms with E-state index in [0.29, 0.717) is 17.1 Å². The van der Waals surface area contributed by atoms with E-state index in [2.05, 4.69) is 22.3 Å². The Labute approximate surface area is 172 Å². The number of nitriles is 1. The molecule has 0 N–H and O–H groups in total. The van der Waals surface area contributed by atoms with E-state index in [1.807, 2.05) is 47.9 Å². The zero-order valence-electron chi connectivity index (χ0n) is 15.7. The lowest BCUT2D eigenvalue weighted by Crippen LogP contribution is -2.00. The zero-order valence-corrected chi connectivity index (χ0v) is 16.5. The molecule has 0 aliphatic rings. The first-order valence-electron chi connectivity index (χ1n) is 9.04. The Hall–Kier alpha value is -3.43. The molecule has 0 radical (unpaired) electrons. The molecular formula is C23H17FN4S. The van der Waals surface area contributed by atoms with Crippen LogP contribution in [0.2, 0.25) is 0 Å². The van der Waals surface area contributed by atoms with Gasteiger partial charge in [0, 0.05) is 17.0 Å². The standard InChI is InChI=1S/C23H17FN4S/c1-16-4-2-7-21(12-16)28-22(19-8-10-20(24)11-9-19)26-27-23(28)29-15-18-6-3-5-17(13-18)14-25/h2-13H,15H2,1H3. The van der Waals surface area contributed by atoms with Gasteiger partial charge in [0.05, 0.1) is 11.6 Å². The van der Waals surface area contributed by atoms with Crippen LogP contribution in [0.4, 0.5) is 4.39 Å². The second-order valence-electron chi connectivity index (χ2n) is 6.59. The molecule has 0 aliphatic carbocycles. The summed E-state index contributed by atoms with van der Waals surface area (Å²) in [5.74, 6) is 1.02. The highest BCUT2D eigenvalue weighted by atomic mass is 32.2. The Balaban J connectivity index is 1.73. The highest BCUT2D eigenvalue weighted by molar-refractivity contribution is 7.98. The molecule has 29 heavy (non-hydrogen) atoms. The summed E-state index contributed by atoms with van der Waals surface area (Å²) in [4.78, 5) is 0. The van der Waals surface area contributed by atoms with Crippen LogP contribution in [0.15, 0.2) is 78.0 Å². The Morgan fingerprint density at radius 3 is 2.55 bits per heavy atom. The lowest BCUT2D eigenvalue weighted by Gasteiger charge is -2.11. The van der Waals surface area contributed by atoms with Gasteiger partial charge in [0.25, 0.3) is 0 Å². The van der Waals surface area contributed by atoms with Crippen LogP contribution >= 0.6 is 11.8 Å². The SMILES string of the molecule is Cc1cccc(-n2c(SCc3cccc(C#N)c3)nnc2-c2ccc(F)cc2)c1. The molecule has 4 aromatic rings. The fraction of sp³-hybridized carbons (Fsp3) is 0.0870. The molecule has 0 aliphatic heterocycles. The van der Waals surface area contributed by atoms with Crippen molar-refractivity contribution in [2.24, 2.45) is 0 Å². The van der Waals surface area contributed by atoms with Crippen LogP contribution in [0.5, 0.6) is 0 Å². The van der Waals surface area contributed by atoms with Gasteiger partial charge in [0.15, 0.2) is 11.0 Å². The fourth-order valence-corrected chi connectivity index (χ4v) is 3.92. The molecule has 0 fully saturated rings.